The Labute approximate surface area is 218 Å². The summed E-state index contributed by atoms with van der Waals surface area (Å²) < 4.78 is 5.98. The molecule has 0 bridgehead atoms. The van der Waals surface area contributed by atoms with Crippen molar-refractivity contribution in [3.63, 3.8) is 0 Å². The molecule has 0 heterocycles. The first-order chi connectivity index (χ1) is 16.7. The molecule has 0 aromatic carbocycles. The molecular weight excluding hydrogens is 452 g/mol. The van der Waals surface area contributed by atoms with Gasteiger partial charge in [0.1, 0.15) is 0 Å². The number of aliphatic carboxylic acids is 1. The summed E-state index contributed by atoms with van der Waals surface area (Å²) in [7, 11) is 1.88. The molecule has 0 saturated heterocycles. The topological polar surface area (TPSA) is 87.0 Å². The summed E-state index contributed by atoms with van der Waals surface area (Å²) >= 11 is 0. The molecule has 5 aliphatic rings. The van der Waals surface area contributed by atoms with Gasteiger partial charge in [0.15, 0.2) is 0 Å². The number of carboxylic acids is 1. The van der Waals surface area contributed by atoms with Crippen LogP contribution in [0.2, 0.25) is 0 Å². The molecule has 2 spiro atoms. The lowest BCUT2D eigenvalue weighted by atomic mass is 9.41. The van der Waals surface area contributed by atoms with Crippen molar-refractivity contribution in [1.82, 2.24) is 0 Å². The number of fused-ring (bicyclic) bond motifs is 2. The number of aliphatic hydroxyl groups excluding tert-OH is 2. The predicted octanol–water partition coefficient (Wildman–Crippen LogP) is 5.83. The summed E-state index contributed by atoms with van der Waals surface area (Å²) in [5.41, 5.74) is 0.824. The third kappa shape index (κ3) is 3.09. The summed E-state index contributed by atoms with van der Waals surface area (Å²) in [6.07, 6.45) is 10.5. The Morgan fingerprint density at radius 1 is 1.03 bits per heavy atom. The second-order valence-electron chi connectivity index (χ2n) is 14.7. The van der Waals surface area contributed by atoms with Gasteiger partial charge >= 0.3 is 5.97 Å². The van der Waals surface area contributed by atoms with Crippen LogP contribution < -0.4 is 0 Å². The number of allylic oxidation sites excluding steroid dienone is 1. The lowest BCUT2D eigenvalue weighted by molar-refractivity contribution is -0.185. The number of hydrogen-bond acceptors (Lipinski definition) is 4. The SMILES string of the molecule is CO[C@@H]1CC[C@]23C[C@]24CC[C@]2(C)[C@@H]([C@H](C)CC/C=C(\C)C(=O)O)[C@@H](O)[C@@H](O)[C@@]2(C)[C@@H]4CC[C@H]3C1(C)C. The van der Waals surface area contributed by atoms with Crippen LogP contribution in [0.1, 0.15) is 99.3 Å². The summed E-state index contributed by atoms with van der Waals surface area (Å²) in [4.78, 5) is 11.2. The molecule has 0 aliphatic heterocycles. The van der Waals surface area contributed by atoms with Gasteiger partial charge in [0.2, 0.25) is 0 Å². The zero-order valence-corrected chi connectivity index (χ0v) is 23.6. The first kappa shape index (κ1) is 26.7. The summed E-state index contributed by atoms with van der Waals surface area (Å²) in [5, 5.41) is 32.6. The molecule has 5 nitrogen and oxygen atoms in total. The number of methoxy groups -OCH3 is 1. The number of hydrogen-bond donors (Lipinski definition) is 3. The Morgan fingerprint density at radius 3 is 2.31 bits per heavy atom. The van der Waals surface area contributed by atoms with Gasteiger partial charge < -0.3 is 20.1 Å². The Kier molecular flexibility index (Phi) is 6.15. The van der Waals surface area contributed by atoms with E-state index in [1.807, 2.05) is 7.11 Å². The Morgan fingerprint density at radius 2 is 1.67 bits per heavy atom. The fourth-order valence-corrected chi connectivity index (χ4v) is 11.7. The van der Waals surface area contributed by atoms with Crippen molar-refractivity contribution >= 4 is 5.97 Å². The number of aliphatic hydroxyl groups is 2. The molecular formula is C31H50O5. The van der Waals surface area contributed by atoms with Crippen LogP contribution in [0, 0.1) is 50.7 Å². The van der Waals surface area contributed by atoms with Crippen molar-refractivity contribution in [3.8, 4) is 0 Å². The Hall–Kier alpha value is -0.910. The van der Waals surface area contributed by atoms with Crippen LogP contribution in [0.4, 0.5) is 0 Å². The van der Waals surface area contributed by atoms with E-state index >= 15 is 0 Å². The van der Waals surface area contributed by atoms with E-state index in [-0.39, 0.29) is 28.1 Å². The molecule has 0 unspecified atom stereocenters. The lowest BCUT2D eigenvalue weighted by Crippen LogP contribution is -2.60. The van der Waals surface area contributed by atoms with Crippen LogP contribution in [0.15, 0.2) is 11.6 Å². The largest absolute Gasteiger partial charge is 0.478 e. The summed E-state index contributed by atoms with van der Waals surface area (Å²) in [6.45, 7) is 13.4. The van der Waals surface area contributed by atoms with Crippen molar-refractivity contribution in [1.29, 1.82) is 0 Å². The highest BCUT2D eigenvalue weighted by Gasteiger charge is 2.84. The van der Waals surface area contributed by atoms with Gasteiger partial charge in [0.25, 0.3) is 0 Å². The van der Waals surface area contributed by atoms with Gasteiger partial charge in [0.05, 0.1) is 18.3 Å². The fourth-order valence-electron chi connectivity index (χ4n) is 11.7. The average molecular weight is 503 g/mol. The highest BCUT2D eigenvalue weighted by atomic mass is 16.5. The maximum Gasteiger partial charge on any atom is 0.330 e. The van der Waals surface area contributed by atoms with E-state index in [0.29, 0.717) is 40.8 Å². The Balaban J connectivity index is 1.43. The molecule has 0 aromatic rings. The fraction of sp³-hybridized carbons (Fsp3) is 0.903. The normalized spacial score (nSPS) is 52.0. The van der Waals surface area contributed by atoms with E-state index in [4.69, 9.17) is 4.74 Å². The molecule has 0 aromatic heterocycles. The van der Waals surface area contributed by atoms with Crippen molar-refractivity contribution in [2.45, 2.75) is 118 Å². The smallest absolute Gasteiger partial charge is 0.330 e. The van der Waals surface area contributed by atoms with Gasteiger partial charge in [-0.2, -0.15) is 0 Å². The number of carboxylic acid groups (broad SMARTS) is 1. The van der Waals surface area contributed by atoms with E-state index in [1.54, 1.807) is 13.0 Å². The second kappa shape index (κ2) is 8.29. The monoisotopic (exact) mass is 502 g/mol. The molecule has 0 amide bonds. The van der Waals surface area contributed by atoms with Crippen LogP contribution in [-0.2, 0) is 9.53 Å². The van der Waals surface area contributed by atoms with Crippen LogP contribution in [-0.4, -0.2) is 46.7 Å². The minimum Gasteiger partial charge on any atom is -0.478 e. The molecule has 5 aliphatic carbocycles. The van der Waals surface area contributed by atoms with Gasteiger partial charge in [-0.3, -0.25) is 0 Å². The number of rotatable bonds is 6. The molecule has 5 rings (SSSR count). The van der Waals surface area contributed by atoms with Crippen molar-refractivity contribution in [2.24, 2.45) is 50.7 Å². The van der Waals surface area contributed by atoms with Crippen LogP contribution in [0.25, 0.3) is 0 Å². The number of ether oxygens (including phenoxy) is 1. The third-order valence-electron chi connectivity index (χ3n) is 13.6. The quantitative estimate of drug-likeness (QED) is 0.398. The maximum absolute atomic E-state index is 11.8. The lowest BCUT2D eigenvalue weighted by Gasteiger charge is -2.63. The van der Waals surface area contributed by atoms with Crippen molar-refractivity contribution in [2.75, 3.05) is 7.11 Å². The molecule has 5 saturated carbocycles. The van der Waals surface area contributed by atoms with E-state index in [2.05, 4.69) is 34.6 Å². The molecule has 3 N–H and O–H groups in total. The van der Waals surface area contributed by atoms with Crippen molar-refractivity contribution < 1.29 is 24.9 Å². The van der Waals surface area contributed by atoms with Gasteiger partial charge in [-0.25, -0.2) is 4.79 Å². The average Bonchev–Trinajstić information content (AvgIpc) is 3.44. The standard InChI is InChI=1S/C31H50O5/c1-18(9-8-10-19(2)26(34)35)23-24(32)25(33)29(6)21-12-11-20-27(3,4)22(36-7)13-14-30(20)17-31(21,30)16-15-28(23,29)5/h10,18,20-25,32-33H,8-9,11-17H2,1-7H3,(H,34,35)/b19-10+/t18-,20+,21+,22-,23+,24-,25-,28-,29-,30-,31+/m1/s1. The zero-order valence-electron chi connectivity index (χ0n) is 23.6. The second-order valence-corrected chi connectivity index (χ2v) is 14.7. The first-order valence-corrected chi connectivity index (χ1v) is 14.5. The highest BCUT2D eigenvalue weighted by molar-refractivity contribution is 5.85. The highest BCUT2D eigenvalue weighted by Crippen LogP contribution is 2.89. The van der Waals surface area contributed by atoms with Gasteiger partial charge in [0, 0.05) is 18.1 Å². The first-order valence-electron chi connectivity index (χ1n) is 14.5. The molecule has 204 valence electrons. The summed E-state index contributed by atoms with van der Waals surface area (Å²) in [5.74, 6) is 0.504. The molecule has 5 heteroatoms. The van der Waals surface area contributed by atoms with Crippen LogP contribution in [0.5, 0.6) is 0 Å². The van der Waals surface area contributed by atoms with Crippen molar-refractivity contribution in [3.05, 3.63) is 11.6 Å². The minimum atomic E-state index is -0.868. The maximum atomic E-state index is 11.8. The predicted molar refractivity (Wildman–Crippen MR) is 140 cm³/mol. The van der Waals surface area contributed by atoms with Crippen LogP contribution in [0.3, 0.4) is 0 Å². The number of carbonyl (C=O) groups is 1. The van der Waals surface area contributed by atoms with Gasteiger partial charge in [-0.1, -0.05) is 40.7 Å². The van der Waals surface area contributed by atoms with E-state index in [9.17, 15) is 20.1 Å². The third-order valence-corrected chi connectivity index (χ3v) is 13.6. The van der Waals surface area contributed by atoms with Gasteiger partial charge in [-0.05, 0) is 110 Å². The molecule has 36 heavy (non-hydrogen) atoms. The van der Waals surface area contributed by atoms with Crippen LogP contribution >= 0.6 is 0 Å². The molecule has 5 fully saturated rings. The Bertz CT molecular complexity index is 941. The molecule has 0 radical (unpaired) electrons. The van der Waals surface area contributed by atoms with E-state index in [1.165, 1.54) is 25.7 Å². The van der Waals surface area contributed by atoms with E-state index in [0.717, 1.165) is 25.7 Å². The minimum absolute atomic E-state index is 0.0291. The van der Waals surface area contributed by atoms with Gasteiger partial charge in [-0.15, -0.1) is 0 Å². The van der Waals surface area contributed by atoms with E-state index < -0.39 is 18.2 Å². The molecule has 11 atom stereocenters. The summed E-state index contributed by atoms with van der Waals surface area (Å²) in [6, 6.07) is 0. The zero-order chi connectivity index (χ0) is 26.5.